The van der Waals surface area contributed by atoms with Gasteiger partial charge in [0.05, 0.1) is 0 Å². The van der Waals surface area contributed by atoms with Crippen LogP contribution >= 0.6 is 12.4 Å². The Morgan fingerprint density at radius 1 is 0.783 bits per heavy atom. The van der Waals surface area contributed by atoms with Crippen molar-refractivity contribution in [3.63, 3.8) is 0 Å². The van der Waals surface area contributed by atoms with Crippen molar-refractivity contribution in [3.8, 4) is 23.0 Å². The Labute approximate surface area is 142 Å². The van der Waals surface area contributed by atoms with Crippen LogP contribution in [0.4, 0.5) is 0 Å². The Kier molecular flexibility index (Phi) is 9.62. The molecule has 6 N–H and O–H groups in total. The number of hydrogen-bond donors (Lipinski definition) is 5. The summed E-state index contributed by atoms with van der Waals surface area (Å²) in [5, 5.41) is 36.0. The van der Waals surface area contributed by atoms with Crippen LogP contribution in [0, 0.1) is 0 Å². The van der Waals surface area contributed by atoms with Crippen LogP contribution in [0.1, 0.15) is 24.5 Å². The van der Waals surface area contributed by atoms with Gasteiger partial charge in [0.15, 0.2) is 23.0 Å². The summed E-state index contributed by atoms with van der Waals surface area (Å²) in [4.78, 5) is 0. The molecule has 0 unspecified atom stereocenters. The normalized spacial score (nSPS) is 9.48. The molecule has 0 saturated carbocycles. The van der Waals surface area contributed by atoms with Crippen LogP contribution in [0.25, 0.3) is 0 Å². The minimum absolute atomic E-state index is 0. The van der Waals surface area contributed by atoms with Gasteiger partial charge in [-0.25, -0.2) is 0 Å². The van der Waals surface area contributed by atoms with Crippen molar-refractivity contribution >= 4 is 12.4 Å². The average Bonchev–Trinajstić information content (AvgIpc) is 2.52. The second-order valence-electron chi connectivity index (χ2n) is 4.89. The van der Waals surface area contributed by atoms with Gasteiger partial charge in [0.1, 0.15) is 0 Å². The highest BCUT2D eigenvalue weighted by Crippen LogP contribution is 2.25. The molecule has 0 aromatic heterocycles. The molecule has 0 radical (unpaired) electrons. The quantitative estimate of drug-likeness (QED) is 0.549. The summed E-state index contributed by atoms with van der Waals surface area (Å²) < 4.78 is 0. The van der Waals surface area contributed by atoms with Crippen molar-refractivity contribution in [1.29, 1.82) is 0 Å². The summed E-state index contributed by atoms with van der Waals surface area (Å²) >= 11 is 0. The number of phenols is 4. The number of phenolic OH excluding ortho intramolecular Hbond substituents is 4. The summed E-state index contributed by atoms with van der Waals surface area (Å²) in [5.41, 5.74) is 7.35. The van der Waals surface area contributed by atoms with Crippen molar-refractivity contribution in [3.05, 3.63) is 47.5 Å². The van der Waals surface area contributed by atoms with E-state index in [0.717, 1.165) is 30.4 Å². The number of benzene rings is 2. The Balaban J connectivity index is 0.000000409. The fraction of sp³-hybridized carbons (Fsp3) is 0.294. The van der Waals surface area contributed by atoms with Gasteiger partial charge < -0.3 is 26.2 Å². The molecule has 0 aliphatic carbocycles. The zero-order valence-corrected chi connectivity index (χ0v) is 13.9. The SMILES string of the molecule is CCc1ccc(O)c(O)c1.Cl.NCCCc1ccc(O)c(O)c1. The molecule has 0 aliphatic heterocycles. The molecule has 0 amide bonds. The number of aromatic hydroxyl groups is 4. The summed E-state index contributed by atoms with van der Waals surface area (Å²) in [6.45, 7) is 2.63. The Morgan fingerprint density at radius 2 is 1.26 bits per heavy atom. The largest absolute Gasteiger partial charge is 0.504 e. The highest BCUT2D eigenvalue weighted by Gasteiger charge is 1.99. The molecule has 23 heavy (non-hydrogen) atoms. The monoisotopic (exact) mass is 341 g/mol. The van der Waals surface area contributed by atoms with Crippen molar-refractivity contribution in [1.82, 2.24) is 0 Å². The third-order valence-corrected chi connectivity index (χ3v) is 3.16. The maximum atomic E-state index is 9.12. The molecule has 2 aromatic rings. The van der Waals surface area contributed by atoms with E-state index in [0.29, 0.717) is 6.54 Å². The molecule has 5 nitrogen and oxygen atoms in total. The van der Waals surface area contributed by atoms with Crippen LogP contribution < -0.4 is 5.73 Å². The van der Waals surface area contributed by atoms with Gasteiger partial charge in [-0.3, -0.25) is 0 Å². The number of nitrogens with two attached hydrogens (primary N) is 1. The number of rotatable bonds is 4. The zero-order valence-electron chi connectivity index (χ0n) is 13.1. The highest BCUT2D eigenvalue weighted by atomic mass is 35.5. The molecule has 0 aliphatic rings. The lowest BCUT2D eigenvalue weighted by molar-refractivity contribution is 0.403. The van der Waals surface area contributed by atoms with Crippen molar-refractivity contribution in [2.45, 2.75) is 26.2 Å². The van der Waals surface area contributed by atoms with Gasteiger partial charge in [0.25, 0.3) is 0 Å². The lowest BCUT2D eigenvalue weighted by atomic mass is 10.1. The second kappa shape index (κ2) is 10.6. The van der Waals surface area contributed by atoms with Crippen molar-refractivity contribution in [2.75, 3.05) is 6.54 Å². The van der Waals surface area contributed by atoms with Crippen molar-refractivity contribution < 1.29 is 20.4 Å². The molecule has 128 valence electrons. The third kappa shape index (κ3) is 7.13. The van der Waals surface area contributed by atoms with Crippen LogP contribution in [-0.4, -0.2) is 27.0 Å². The smallest absolute Gasteiger partial charge is 0.157 e. The molecule has 0 heterocycles. The van der Waals surface area contributed by atoms with E-state index in [1.54, 1.807) is 24.3 Å². The molecular weight excluding hydrogens is 318 g/mol. The summed E-state index contributed by atoms with van der Waals surface area (Å²) in [5.74, 6) is -0.243. The summed E-state index contributed by atoms with van der Waals surface area (Å²) in [6.07, 6.45) is 2.60. The lowest BCUT2D eigenvalue weighted by Crippen LogP contribution is -1.99. The molecule has 0 bridgehead atoms. The first-order valence-electron chi connectivity index (χ1n) is 7.19. The first-order chi connectivity index (χ1) is 10.5. The fourth-order valence-corrected chi connectivity index (χ4v) is 1.82. The average molecular weight is 342 g/mol. The highest BCUT2D eigenvalue weighted by molar-refractivity contribution is 5.85. The molecular formula is C17H24ClNO4. The van der Waals surface area contributed by atoms with E-state index >= 15 is 0 Å². The van der Waals surface area contributed by atoms with E-state index in [1.165, 1.54) is 12.1 Å². The van der Waals surface area contributed by atoms with Gasteiger partial charge in [0.2, 0.25) is 0 Å². The van der Waals surface area contributed by atoms with Crippen LogP contribution in [0.5, 0.6) is 23.0 Å². The standard InChI is InChI=1S/C9H13NO2.C8H10O2.ClH/c10-5-1-2-7-3-4-8(11)9(12)6-7;1-2-6-3-4-7(9)8(10)5-6;/h3-4,6,11-12H,1-2,5,10H2;3-5,9-10H,2H2,1H3;1H. The van der Waals surface area contributed by atoms with E-state index in [4.69, 9.17) is 26.2 Å². The van der Waals surface area contributed by atoms with Gasteiger partial charge in [0, 0.05) is 0 Å². The molecule has 2 rings (SSSR count). The Bertz CT molecular complexity index is 605. The van der Waals surface area contributed by atoms with Gasteiger partial charge in [-0.2, -0.15) is 0 Å². The topological polar surface area (TPSA) is 107 Å². The number of hydrogen-bond acceptors (Lipinski definition) is 5. The zero-order chi connectivity index (χ0) is 16.5. The maximum Gasteiger partial charge on any atom is 0.157 e. The van der Waals surface area contributed by atoms with E-state index in [-0.39, 0.29) is 35.4 Å². The lowest BCUT2D eigenvalue weighted by Gasteiger charge is -2.01. The van der Waals surface area contributed by atoms with E-state index in [9.17, 15) is 0 Å². The van der Waals surface area contributed by atoms with E-state index in [2.05, 4.69) is 0 Å². The fourth-order valence-electron chi connectivity index (χ4n) is 1.82. The molecule has 0 saturated heterocycles. The van der Waals surface area contributed by atoms with Crippen LogP contribution in [-0.2, 0) is 12.8 Å². The van der Waals surface area contributed by atoms with Crippen LogP contribution in [0.2, 0.25) is 0 Å². The minimum Gasteiger partial charge on any atom is -0.504 e. The molecule has 0 atom stereocenters. The Morgan fingerprint density at radius 3 is 1.70 bits per heavy atom. The van der Waals surface area contributed by atoms with Gasteiger partial charge in [-0.1, -0.05) is 19.1 Å². The number of aryl methyl sites for hydroxylation is 2. The van der Waals surface area contributed by atoms with Crippen LogP contribution in [0.15, 0.2) is 36.4 Å². The van der Waals surface area contributed by atoms with Gasteiger partial charge >= 0.3 is 0 Å². The molecule has 6 heteroatoms. The maximum absolute atomic E-state index is 9.12. The van der Waals surface area contributed by atoms with Gasteiger partial charge in [-0.05, 0) is 61.2 Å². The summed E-state index contributed by atoms with van der Waals surface area (Å²) in [7, 11) is 0. The predicted molar refractivity (Wildman–Crippen MR) is 93.5 cm³/mol. The minimum atomic E-state index is -0.0773. The molecule has 0 fully saturated rings. The van der Waals surface area contributed by atoms with E-state index < -0.39 is 0 Å². The van der Waals surface area contributed by atoms with E-state index in [1.807, 2.05) is 6.92 Å². The van der Waals surface area contributed by atoms with Gasteiger partial charge in [-0.15, -0.1) is 12.4 Å². The second-order valence-corrected chi connectivity index (χ2v) is 4.89. The molecule has 2 aromatic carbocycles. The number of halogens is 1. The first-order valence-corrected chi connectivity index (χ1v) is 7.19. The third-order valence-electron chi connectivity index (χ3n) is 3.16. The first kappa shape index (κ1) is 20.9. The summed E-state index contributed by atoms with van der Waals surface area (Å²) in [6, 6.07) is 9.68. The van der Waals surface area contributed by atoms with Crippen molar-refractivity contribution in [2.24, 2.45) is 5.73 Å². The molecule has 0 spiro atoms. The predicted octanol–water partition coefficient (Wildman–Crippen LogP) is 3.07. The van der Waals surface area contributed by atoms with Crippen LogP contribution in [0.3, 0.4) is 0 Å². The Hall–Kier alpha value is -2.11.